The van der Waals surface area contributed by atoms with Crippen molar-refractivity contribution in [3.05, 3.63) is 40.5 Å². The third-order valence-corrected chi connectivity index (χ3v) is 4.90. The molecule has 10 heteroatoms. The van der Waals surface area contributed by atoms with Gasteiger partial charge in [-0.15, -0.1) is 5.10 Å². The lowest BCUT2D eigenvalue weighted by Crippen LogP contribution is -2.37. The molecule has 0 bridgehead atoms. The average molecular weight is 446 g/mol. The largest absolute Gasteiger partial charge is 0.495 e. The quantitative estimate of drug-likeness (QED) is 0.600. The van der Waals surface area contributed by atoms with Gasteiger partial charge in [0.2, 0.25) is 11.8 Å². The topological polar surface area (TPSA) is 98.6 Å². The van der Waals surface area contributed by atoms with Crippen molar-refractivity contribution >= 4 is 40.1 Å². The molecule has 1 N–H and O–H groups in total. The third-order valence-electron chi connectivity index (χ3n) is 4.66. The summed E-state index contributed by atoms with van der Waals surface area (Å²) in [5.41, 5.74) is 2.94. The van der Waals surface area contributed by atoms with Gasteiger partial charge < -0.3 is 19.7 Å². The Balaban J connectivity index is 1.62. The summed E-state index contributed by atoms with van der Waals surface area (Å²) in [4.78, 5) is 30.6. The zero-order valence-corrected chi connectivity index (χ0v) is 18.8. The molecule has 0 radical (unpaired) electrons. The molecule has 0 spiro atoms. The Morgan fingerprint density at radius 1 is 1.26 bits per heavy atom. The van der Waals surface area contributed by atoms with E-state index in [-0.39, 0.29) is 19.1 Å². The van der Waals surface area contributed by atoms with Crippen molar-refractivity contribution in [3.8, 4) is 11.6 Å². The lowest BCUT2D eigenvalue weighted by atomic mass is 10.2. The summed E-state index contributed by atoms with van der Waals surface area (Å²) in [5.74, 6) is 0.0358. The number of pyridine rings is 1. The predicted molar refractivity (Wildman–Crippen MR) is 118 cm³/mol. The Morgan fingerprint density at radius 2 is 2.00 bits per heavy atom. The maximum absolute atomic E-state index is 12.5. The number of fused-ring (bicyclic) bond motifs is 1. The van der Waals surface area contributed by atoms with Gasteiger partial charge in [0.25, 0.3) is 5.91 Å². The number of carbonyl (C=O) groups is 2. The van der Waals surface area contributed by atoms with Gasteiger partial charge in [-0.25, -0.2) is 9.67 Å². The fourth-order valence-electron chi connectivity index (χ4n) is 3.16. The Kier molecular flexibility index (Phi) is 6.65. The summed E-state index contributed by atoms with van der Waals surface area (Å²) >= 11 is 5.98. The summed E-state index contributed by atoms with van der Waals surface area (Å²) in [5, 5.41) is 8.23. The fourth-order valence-corrected chi connectivity index (χ4v) is 3.33. The molecule has 0 saturated heterocycles. The average Bonchev–Trinajstić information content (AvgIpc) is 3.02. The summed E-state index contributed by atoms with van der Waals surface area (Å²) in [7, 11) is 4.78. The van der Waals surface area contributed by atoms with Crippen LogP contribution >= 0.6 is 11.6 Å². The SMILES string of the molecule is COc1ccc(Cl)cc1NC(=O)CN(C)C(=O)COc1nn(C)c2nc(C)cc(C)c12. The maximum atomic E-state index is 12.5. The van der Waals surface area contributed by atoms with Crippen molar-refractivity contribution in [2.24, 2.45) is 7.05 Å². The monoisotopic (exact) mass is 445 g/mol. The molecule has 0 aliphatic carbocycles. The minimum atomic E-state index is -0.393. The van der Waals surface area contributed by atoms with Crippen molar-refractivity contribution in [1.29, 1.82) is 0 Å². The molecule has 0 saturated carbocycles. The van der Waals surface area contributed by atoms with Gasteiger partial charge in [0, 0.05) is 24.8 Å². The van der Waals surface area contributed by atoms with Gasteiger partial charge >= 0.3 is 0 Å². The van der Waals surface area contributed by atoms with Gasteiger partial charge in [-0.3, -0.25) is 9.59 Å². The van der Waals surface area contributed by atoms with Gasteiger partial charge in [-0.1, -0.05) is 11.6 Å². The van der Waals surface area contributed by atoms with E-state index in [2.05, 4.69) is 15.4 Å². The van der Waals surface area contributed by atoms with E-state index >= 15 is 0 Å². The first-order valence-electron chi connectivity index (χ1n) is 9.50. The van der Waals surface area contributed by atoms with Crippen LogP contribution in [-0.2, 0) is 16.6 Å². The highest BCUT2D eigenvalue weighted by Gasteiger charge is 2.19. The van der Waals surface area contributed by atoms with Crippen molar-refractivity contribution in [3.63, 3.8) is 0 Å². The molecule has 0 unspecified atom stereocenters. The highest BCUT2D eigenvalue weighted by Crippen LogP contribution is 2.28. The lowest BCUT2D eigenvalue weighted by molar-refractivity contribution is -0.135. The third kappa shape index (κ3) is 5.05. The van der Waals surface area contributed by atoms with Crippen LogP contribution in [0.15, 0.2) is 24.3 Å². The maximum Gasteiger partial charge on any atom is 0.260 e. The molecule has 0 atom stereocenters. The number of aromatic nitrogens is 3. The summed E-state index contributed by atoms with van der Waals surface area (Å²) in [6.07, 6.45) is 0. The van der Waals surface area contributed by atoms with Crippen LogP contribution in [0.4, 0.5) is 5.69 Å². The number of anilines is 1. The van der Waals surface area contributed by atoms with Crippen LogP contribution in [0.2, 0.25) is 5.02 Å². The minimum Gasteiger partial charge on any atom is -0.495 e. The van der Waals surface area contributed by atoms with Gasteiger partial charge in [0.15, 0.2) is 12.3 Å². The predicted octanol–water partition coefficient (Wildman–Crippen LogP) is 2.72. The number of nitrogens with one attached hydrogen (secondary N) is 1. The van der Waals surface area contributed by atoms with Crippen LogP contribution in [0, 0.1) is 13.8 Å². The van der Waals surface area contributed by atoms with Crippen LogP contribution in [0.5, 0.6) is 11.6 Å². The number of halogens is 1. The van der Waals surface area contributed by atoms with Crippen LogP contribution in [-0.4, -0.2) is 58.8 Å². The number of carbonyl (C=O) groups excluding carboxylic acids is 2. The molecule has 0 fully saturated rings. The Labute approximate surface area is 184 Å². The van der Waals surface area contributed by atoms with Crippen LogP contribution in [0.3, 0.4) is 0 Å². The molecule has 1 aromatic carbocycles. The van der Waals surface area contributed by atoms with Crippen molar-refractivity contribution in [2.75, 3.05) is 32.6 Å². The van der Waals surface area contributed by atoms with E-state index in [4.69, 9.17) is 21.1 Å². The van der Waals surface area contributed by atoms with E-state index in [1.54, 1.807) is 29.9 Å². The Bertz CT molecular complexity index is 1140. The van der Waals surface area contributed by atoms with E-state index in [1.165, 1.54) is 19.1 Å². The molecule has 31 heavy (non-hydrogen) atoms. The molecule has 0 aliphatic heterocycles. The standard InChI is InChI=1S/C21H24ClN5O4/c1-12-8-13(2)23-20-19(12)21(25-27(20)4)31-11-18(29)26(3)10-17(28)24-15-9-14(22)6-7-16(15)30-5/h6-9H,10-11H2,1-5H3,(H,24,28). The molecule has 9 nitrogen and oxygen atoms in total. The van der Waals surface area contributed by atoms with E-state index in [0.717, 1.165) is 16.6 Å². The number of benzene rings is 1. The molecule has 2 heterocycles. The summed E-state index contributed by atoms with van der Waals surface area (Å²) < 4.78 is 12.5. The number of amides is 2. The van der Waals surface area contributed by atoms with Gasteiger partial charge in [0.05, 0.1) is 24.7 Å². The smallest absolute Gasteiger partial charge is 0.260 e. The molecule has 2 aromatic heterocycles. The number of ether oxygens (including phenoxy) is 2. The van der Waals surface area contributed by atoms with E-state index in [1.807, 2.05) is 19.9 Å². The number of rotatable bonds is 7. The first-order chi connectivity index (χ1) is 14.7. The Morgan fingerprint density at radius 3 is 2.71 bits per heavy atom. The first-order valence-corrected chi connectivity index (χ1v) is 9.88. The molecule has 3 rings (SSSR count). The van der Waals surface area contributed by atoms with Crippen LogP contribution in [0.1, 0.15) is 11.3 Å². The molecule has 3 aromatic rings. The van der Waals surface area contributed by atoms with E-state index in [0.29, 0.717) is 28.0 Å². The van der Waals surface area contributed by atoms with E-state index in [9.17, 15) is 9.59 Å². The minimum absolute atomic E-state index is 0.166. The molecular formula is C21H24ClN5O4. The zero-order valence-electron chi connectivity index (χ0n) is 18.0. The van der Waals surface area contributed by atoms with Crippen molar-refractivity contribution < 1.29 is 19.1 Å². The van der Waals surface area contributed by atoms with Crippen molar-refractivity contribution in [2.45, 2.75) is 13.8 Å². The van der Waals surface area contributed by atoms with E-state index < -0.39 is 5.91 Å². The number of aryl methyl sites for hydroxylation is 3. The Hall–Kier alpha value is -3.33. The van der Waals surface area contributed by atoms with Gasteiger partial charge in [-0.2, -0.15) is 0 Å². The summed E-state index contributed by atoms with van der Waals surface area (Å²) in [6, 6.07) is 6.81. The first kappa shape index (κ1) is 22.4. The number of hydrogen-bond acceptors (Lipinski definition) is 6. The van der Waals surface area contributed by atoms with Gasteiger partial charge in [-0.05, 0) is 43.7 Å². The number of nitrogens with zero attached hydrogens (tertiary/aromatic N) is 4. The second-order valence-electron chi connectivity index (χ2n) is 7.14. The summed E-state index contributed by atoms with van der Waals surface area (Å²) in [6.45, 7) is 3.42. The number of likely N-dealkylation sites (N-methyl/N-ethyl adjacent to an activating group) is 1. The highest BCUT2D eigenvalue weighted by atomic mass is 35.5. The zero-order chi connectivity index (χ0) is 22.7. The second kappa shape index (κ2) is 9.22. The van der Waals surface area contributed by atoms with Crippen LogP contribution in [0.25, 0.3) is 11.0 Å². The lowest BCUT2D eigenvalue weighted by Gasteiger charge is -2.17. The number of hydrogen-bond donors (Lipinski definition) is 1. The molecule has 0 aliphatic rings. The fraction of sp³-hybridized carbons (Fsp3) is 0.333. The second-order valence-corrected chi connectivity index (χ2v) is 7.58. The highest BCUT2D eigenvalue weighted by molar-refractivity contribution is 6.31. The molecule has 164 valence electrons. The molecular weight excluding hydrogens is 422 g/mol. The van der Waals surface area contributed by atoms with Crippen LogP contribution < -0.4 is 14.8 Å². The number of methoxy groups -OCH3 is 1. The van der Waals surface area contributed by atoms with Crippen molar-refractivity contribution in [1.82, 2.24) is 19.7 Å². The van der Waals surface area contributed by atoms with Gasteiger partial charge in [0.1, 0.15) is 5.75 Å². The molecule has 2 amide bonds. The normalized spacial score (nSPS) is 10.8.